The van der Waals surface area contributed by atoms with Crippen LogP contribution in [-0.4, -0.2) is 146 Å². The van der Waals surface area contributed by atoms with E-state index in [1.807, 2.05) is 26.8 Å². The number of fused-ring (bicyclic) bond motifs is 1. The fraction of sp³-hybridized carbons (Fsp3) is 0.690. The van der Waals surface area contributed by atoms with Gasteiger partial charge in [-0.25, -0.2) is 9.78 Å². The van der Waals surface area contributed by atoms with Crippen LogP contribution < -0.4 is 25.2 Å². The Balaban J connectivity index is 0.889. The van der Waals surface area contributed by atoms with Crippen molar-refractivity contribution in [2.24, 2.45) is 0 Å². The van der Waals surface area contributed by atoms with Crippen LogP contribution in [0.3, 0.4) is 0 Å². The Hall–Kier alpha value is -4.21. The van der Waals surface area contributed by atoms with Crippen molar-refractivity contribution in [1.29, 1.82) is 0 Å². The average molecular weight is 792 g/mol. The minimum absolute atomic E-state index is 0.0801. The van der Waals surface area contributed by atoms with E-state index in [2.05, 4.69) is 37.2 Å². The molecule has 4 heterocycles. The number of carbonyl (C=O) groups is 3. The van der Waals surface area contributed by atoms with Gasteiger partial charge in [-0.2, -0.15) is 4.98 Å². The van der Waals surface area contributed by atoms with Gasteiger partial charge in [-0.1, -0.05) is 19.8 Å². The van der Waals surface area contributed by atoms with Gasteiger partial charge in [-0.15, -0.1) is 0 Å². The standard InChI is InChI=1S/C42H65N9O6/c1-7-34-39(53)47(5)35-29-44-40(46-37(35)51(34)31-12-8-9-13-31)45-33-15-14-30(28-36(33)55-6)38(52)43-18-10-19-48-23-25-49(26-24-48)20-11-27-56-32-16-21-50(22-17-32)41(54)57-42(2,3)4/h14-15,28-29,31-32,34H,7-13,16-27H2,1-6H3,(H,43,52)(H,44,45,46)/t34-/m1/s1. The number of benzene rings is 1. The summed E-state index contributed by atoms with van der Waals surface area (Å²) in [5.74, 6) is 1.64. The third-order valence-corrected chi connectivity index (χ3v) is 11.6. The van der Waals surface area contributed by atoms with E-state index in [1.165, 1.54) is 0 Å². The van der Waals surface area contributed by atoms with Crippen LogP contribution in [0, 0.1) is 0 Å². The SMILES string of the molecule is CC[C@@H]1C(=O)N(C)c2cnc(Nc3ccc(C(=O)NCCCN4CCN(CCCOC5CCN(C(=O)OC(C)(C)C)CC5)CC4)cc3OC)nc2N1C1CCCC1. The summed E-state index contributed by atoms with van der Waals surface area (Å²) in [5.41, 5.74) is 1.41. The Bertz CT molecular complexity index is 1670. The van der Waals surface area contributed by atoms with Crippen LogP contribution in [-0.2, 0) is 14.3 Å². The summed E-state index contributed by atoms with van der Waals surface area (Å²) in [6.07, 6.45) is 10.4. The van der Waals surface area contributed by atoms with Crippen molar-refractivity contribution in [1.82, 2.24) is 30.0 Å². The first kappa shape index (κ1) is 42.4. The highest BCUT2D eigenvalue weighted by molar-refractivity contribution is 6.04. The zero-order valence-corrected chi connectivity index (χ0v) is 35.1. The molecule has 0 radical (unpaired) electrons. The number of likely N-dealkylation sites (tertiary alicyclic amines) is 1. The Morgan fingerprint density at radius 2 is 1.63 bits per heavy atom. The zero-order valence-electron chi connectivity index (χ0n) is 35.1. The van der Waals surface area contributed by atoms with Crippen LogP contribution in [0.1, 0.15) is 95.8 Å². The number of aromatic nitrogens is 2. The molecule has 0 spiro atoms. The number of piperazine rings is 1. The van der Waals surface area contributed by atoms with Gasteiger partial charge in [0.1, 0.15) is 23.1 Å². The smallest absolute Gasteiger partial charge is 0.410 e. The van der Waals surface area contributed by atoms with Crippen molar-refractivity contribution < 1.29 is 28.6 Å². The van der Waals surface area contributed by atoms with Crippen LogP contribution in [0.5, 0.6) is 5.75 Å². The Morgan fingerprint density at radius 1 is 0.947 bits per heavy atom. The number of amides is 3. The molecule has 1 aromatic heterocycles. The lowest BCUT2D eigenvalue weighted by atomic mass is 10.0. The van der Waals surface area contributed by atoms with Gasteiger partial charge >= 0.3 is 6.09 Å². The van der Waals surface area contributed by atoms with E-state index in [0.29, 0.717) is 54.7 Å². The monoisotopic (exact) mass is 792 g/mol. The molecule has 3 fully saturated rings. The normalized spacial score (nSPS) is 20.1. The topological polar surface area (TPSA) is 145 Å². The molecule has 57 heavy (non-hydrogen) atoms. The number of nitrogens with one attached hydrogen (secondary N) is 2. The van der Waals surface area contributed by atoms with Crippen molar-refractivity contribution in [2.45, 2.75) is 109 Å². The molecule has 2 saturated heterocycles. The summed E-state index contributed by atoms with van der Waals surface area (Å²) in [6.45, 7) is 16.5. The number of hydrogen-bond acceptors (Lipinski definition) is 12. The van der Waals surface area contributed by atoms with Gasteiger partial charge in [0.2, 0.25) is 11.9 Å². The Labute approximate surface area is 338 Å². The second kappa shape index (κ2) is 19.5. The van der Waals surface area contributed by atoms with E-state index < -0.39 is 5.60 Å². The number of piperidine rings is 1. The van der Waals surface area contributed by atoms with Crippen molar-refractivity contribution in [2.75, 3.05) is 94.8 Å². The molecule has 4 aliphatic rings. The molecule has 0 bridgehead atoms. The number of anilines is 4. The minimum Gasteiger partial charge on any atom is -0.495 e. The number of likely N-dealkylation sites (N-methyl/N-ethyl adjacent to an activating group) is 1. The molecule has 3 amide bonds. The first-order chi connectivity index (χ1) is 27.4. The molecular formula is C42H65N9O6. The highest BCUT2D eigenvalue weighted by Crippen LogP contribution is 2.40. The number of carbonyl (C=O) groups excluding carboxylic acids is 3. The summed E-state index contributed by atoms with van der Waals surface area (Å²) in [5, 5.41) is 6.38. The van der Waals surface area contributed by atoms with Gasteiger partial charge in [0.25, 0.3) is 5.91 Å². The Morgan fingerprint density at radius 3 is 2.28 bits per heavy atom. The average Bonchev–Trinajstić information content (AvgIpc) is 3.74. The summed E-state index contributed by atoms with van der Waals surface area (Å²) in [4.78, 5) is 58.9. The molecule has 1 aliphatic carbocycles. The van der Waals surface area contributed by atoms with Crippen molar-refractivity contribution >= 4 is 41.0 Å². The van der Waals surface area contributed by atoms with Crippen molar-refractivity contribution in [3.8, 4) is 5.75 Å². The second-order valence-electron chi connectivity index (χ2n) is 16.8. The summed E-state index contributed by atoms with van der Waals surface area (Å²) < 4.78 is 17.3. The van der Waals surface area contributed by atoms with Crippen LogP contribution in [0.4, 0.5) is 27.9 Å². The van der Waals surface area contributed by atoms with Crippen molar-refractivity contribution in [3.63, 3.8) is 0 Å². The molecular weight excluding hydrogens is 727 g/mol. The molecule has 3 aliphatic heterocycles. The summed E-state index contributed by atoms with van der Waals surface area (Å²) in [6, 6.07) is 5.37. The number of methoxy groups -OCH3 is 1. The molecule has 0 unspecified atom stereocenters. The molecule has 1 atom stereocenters. The molecule has 15 heteroatoms. The molecule has 2 N–H and O–H groups in total. The van der Waals surface area contributed by atoms with Gasteiger partial charge in [0.15, 0.2) is 5.82 Å². The highest BCUT2D eigenvalue weighted by Gasteiger charge is 2.41. The molecule has 2 aromatic rings. The third-order valence-electron chi connectivity index (χ3n) is 11.6. The number of ether oxygens (including phenoxy) is 3. The van der Waals surface area contributed by atoms with Gasteiger partial charge in [-0.05, 0) is 90.5 Å². The molecule has 6 rings (SSSR count). The van der Waals surface area contributed by atoms with Crippen LogP contribution >= 0.6 is 0 Å². The number of hydrogen-bond donors (Lipinski definition) is 2. The van der Waals surface area contributed by atoms with Gasteiger partial charge in [0, 0.05) is 77.6 Å². The summed E-state index contributed by atoms with van der Waals surface area (Å²) >= 11 is 0. The van der Waals surface area contributed by atoms with Gasteiger partial charge < -0.3 is 49.3 Å². The fourth-order valence-electron chi connectivity index (χ4n) is 8.41. The first-order valence-electron chi connectivity index (χ1n) is 21.1. The molecule has 1 aromatic carbocycles. The maximum atomic E-state index is 13.3. The Kier molecular flexibility index (Phi) is 14.5. The van der Waals surface area contributed by atoms with Crippen LogP contribution in [0.25, 0.3) is 0 Å². The van der Waals surface area contributed by atoms with E-state index >= 15 is 0 Å². The molecule has 1 saturated carbocycles. The highest BCUT2D eigenvalue weighted by atomic mass is 16.6. The molecule has 314 valence electrons. The maximum Gasteiger partial charge on any atom is 0.410 e. The lowest BCUT2D eigenvalue weighted by Crippen LogP contribution is -2.55. The maximum absolute atomic E-state index is 13.3. The minimum atomic E-state index is -0.472. The number of nitrogens with zero attached hydrogens (tertiary/aromatic N) is 7. The second-order valence-corrected chi connectivity index (χ2v) is 16.8. The van der Waals surface area contributed by atoms with Crippen molar-refractivity contribution in [3.05, 3.63) is 30.0 Å². The van der Waals surface area contributed by atoms with Crippen LogP contribution in [0.2, 0.25) is 0 Å². The quantitative estimate of drug-likeness (QED) is 0.227. The van der Waals surface area contributed by atoms with Gasteiger partial charge in [-0.3, -0.25) is 9.59 Å². The van der Waals surface area contributed by atoms with E-state index in [4.69, 9.17) is 19.2 Å². The first-order valence-corrected chi connectivity index (χ1v) is 21.1. The number of rotatable bonds is 15. The lowest BCUT2D eigenvalue weighted by Gasteiger charge is -2.43. The largest absolute Gasteiger partial charge is 0.495 e. The third kappa shape index (κ3) is 11.1. The predicted molar refractivity (Wildman–Crippen MR) is 222 cm³/mol. The van der Waals surface area contributed by atoms with E-state index in [1.54, 1.807) is 42.3 Å². The van der Waals surface area contributed by atoms with Gasteiger partial charge in [0.05, 0.1) is 25.1 Å². The predicted octanol–water partition coefficient (Wildman–Crippen LogP) is 5.28. The zero-order chi connectivity index (χ0) is 40.5. The van der Waals surface area contributed by atoms with E-state index in [9.17, 15) is 14.4 Å². The fourth-order valence-corrected chi connectivity index (χ4v) is 8.41. The lowest BCUT2D eigenvalue weighted by molar-refractivity contribution is -0.120. The summed E-state index contributed by atoms with van der Waals surface area (Å²) in [7, 11) is 3.38. The van der Waals surface area contributed by atoms with Crippen LogP contribution in [0.15, 0.2) is 24.4 Å². The van der Waals surface area contributed by atoms with E-state index in [0.717, 1.165) is 103 Å². The van der Waals surface area contributed by atoms with E-state index in [-0.39, 0.29) is 36.1 Å². The molecule has 15 nitrogen and oxygen atoms in total.